The summed E-state index contributed by atoms with van der Waals surface area (Å²) in [5.74, 6) is 0. The van der Waals surface area contributed by atoms with Crippen LogP contribution in [-0.4, -0.2) is 17.4 Å². The third kappa shape index (κ3) is 2.69. The lowest BCUT2D eigenvalue weighted by Gasteiger charge is -2.10. The standard InChI is InChI=1S/C9H9F3N2O2/c10-9(11,12)8-3-1-2-7(14(8)16)4-6(13)5-15/h1-3,13,15H,4-5H2. The lowest BCUT2D eigenvalue weighted by Crippen LogP contribution is -2.41. The summed E-state index contributed by atoms with van der Waals surface area (Å²) in [6, 6.07) is 2.95. The fourth-order valence-corrected chi connectivity index (χ4v) is 1.16. The number of halogens is 3. The first-order valence-corrected chi connectivity index (χ1v) is 4.32. The van der Waals surface area contributed by atoms with Gasteiger partial charge in [0, 0.05) is 17.8 Å². The van der Waals surface area contributed by atoms with Crippen molar-refractivity contribution in [3.8, 4) is 0 Å². The van der Waals surface area contributed by atoms with E-state index in [1.807, 2.05) is 0 Å². The van der Waals surface area contributed by atoms with Crippen molar-refractivity contribution < 1.29 is 23.0 Å². The summed E-state index contributed by atoms with van der Waals surface area (Å²) < 4.78 is 36.7. The summed E-state index contributed by atoms with van der Waals surface area (Å²) in [7, 11) is 0. The van der Waals surface area contributed by atoms with Crippen LogP contribution >= 0.6 is 0 Å². The number of pyridine rings is 1. The minimum atomic E-state index is -4.72. The Hall–Kier alpha value is -1.63. The zero-order chi connectivity index (χ0) is 12.3. The molecule has 1 aromatic heterocycles. The van der Waals surface area contributed by atoms with E-state index in [-0.39, 0.29) is 22.6 Å². The molecule has 0 bridgehead atoms. The van der Waals surface area contributed by atoms with Crippen LogP contribution in [0.1, 0.15) is 11.4 Å². The molecule has 0 aliphatic heterocycles. The number of alkyl halides is 3. The number of aromatic nitrogens is 1. The van der Waals surface area contributed by atoms with E-state index in [0.717, 1.165) is 6.07 Å². The highest BCUT2D eigenvalue weighted by atomic mass is 19.4. The number of hydrogen-bond acceptors (Lipinski definition) is 3. The van der Waals surface area contributed by atoms with Gasteiger partial charge >= 0.3 is 6.18 Å². The number of nitrogens with one attached hydrogen (secondary N) is 1. The molecule has 1 rings (SSSR count). The molecule has 0 aliphatic rings. The third-order valence-corrected chi connectivity index (χ3v) is 1.90. The van der Waals surface area contributed by atoms with Crippen LogP contribution in [0.5, 0.6) is 0 Å². The quantitative estimate of drug-likeness (QED) is 0.463. The molecule has 0 aliphatic carbocycles. The van der Waals surface area contributed by atoms with Crippen molar-refractivity contribution in [3.63, 3.8) is 0 Å². The molecule has 1 aromatic rings. The van der Waals surface area contributed by atoms with Gasteiger partial charge in [0.2, 0.25) is 0 Å². The molecular weight excluding hydrogens is 225 g/mol. The molecule has 16 heavy (non-hydrogen) atoms. The maximum atomic E-state index is 12.3. The van der Waals surface area contributed by atoms with Crippen molar-refractivity contribution in [1.82, 2.24) is 0 Å². The summed E-state index contributed by atoms with van der Waals surface area (Å²) in [6.07, 6.45) is -5.02. The largest absolute Gasteiger partial charge is 0.618 e. The van der Waals surface area contributed by atoms with Crippen LogP contribution in [0.2, 0.25) is 0 Å². The van der Waals surface area contributed by atoms with Crippen molar-refractivity contribution in [2.75, 3.05) is 6.61 Å². The van der Waals surface area contributed by atoms with Gasteiger partial charge in [-0.3, -0.25) is 0 Å². The maximum absolute atomic E-state index is 12.3. The molecule has 0 aromatic carbocycles. The van der Waals surface area contributed by atoms with E-state index in [1.54, 1.807) is 0 Å². The van der Waals surface area contributed by atoms with Crippen LogP contribution in [0, 0.1) is 10.6 Å². The molecule has 0 unspecified atom stereocenters. The molecule has 7 heteroatoms. The monoisotopic (exact) mass is 234 g/mol. The molecule has 0 saturated carbocycles. The van der Waals surface area contributed by atoms with E-state index in [2.05, 4.69) is 0 Å². The van der Waals surface area contributed by atoms with Crippen molar-refractivity contribution in [1.29, 1.82) is 5.41 Å². The number of rotatable bonds is 3. The summed E-state index contributed by atoms with van der Waals surface area (Å²) in [5.41, 5.74) is -1.76. The summed E-state index contributed by atoms with van der Waals surface area (Å²) >= 11 is 0. The van der Waals surface area contributed by atoms with Crippen molar-refractivity contribution >= 4 is 5.71 Å². The summed E-state index contributed by atoms with van der Waals surface area (Å²) in [6.45, 7) is -0.587. The predicted octanol–water partition coefficient (Wildman–Crippen LogP) is 0.893. The Morgan fingerprint density at radius 2 is 2.06 bits per heavy atom. The second kappa shape index (κ2) is 4.48. The highest BCUT2D eigenvalue weighted by molar-refractivity contribution is 5.83. The summed E-state index contributed by atoms with van der Waals surface area (Å²) in [5, 5.41) is 27.0. The number of hydrogen-bond donors (Lipinski definition) is 2. The lowest BCUT2D eigenvalue weighted by atomic mass is 10.2. The molecular formula is C9H9F3N2O2. The first kappa shape index (κ1) is 12.4. The summed E-state index contributed by atoms with van der Waals surface area (Å²) in [4.78, 5) is 0. The van der Waals surface area contributed by atoms with Gasteiger partial charge < -0.3 is 15.7 Å². The van der Waals surface area contributed by atoms with Gasteiger partial charge in [-0.25, -0.2) is 0 Å². The Balaban J connectivity index is 3.09. The fraction of sp³-hybridized carbons (Fsp3) is 0.333. The van der Waals surface area contributed by atoms with E-state index in [9.17, 15) is 18.4 Å². The van der Waals surface area contributed by atoms with Crippen LogP contribution in [0.4, 0.5) is 13.2 Å². The Bertz CT molecular complexity index is 404. The van der Waals surface area contributed by atoms with Gasteiger partial charge in [0.1, 0.15) is 0 Å². The minimum Gasteiger partial charge on any atom is -0.618 e. The Morgan fingerprint density at radius 3 is 2.56 bits per heavy atom. The van der Waals surface area contributed by atoms with Gasteiger partial charge in [-0.1, -0.05) is 0 Å². The van der Waals surface area contributed by atoms with Crippen molar-refractivity contribution in [2.45, 2.75) is 12.6 Å². The Kier molecular flexibility index (Phi) is 3.48. The Morgan fingerprint density at radius 1 is 1.44 bits per heavy atom. The van der Waals surface area contributed by atoms with Crippen LogP contribution < -0.4 is 4.73 Å². The molecule has 0 saturated heterocycles. The van der Waals surface area contributed by atoms with Crippen LogP contribution in [-0.2, 0) is 12.6 Å². The van der Waals surface area contributed by atoms with E-state index in [1.165, 1.54) is 6.07 Å². The van der Waals surface area contributed by atoms with Crippen LogP contribution in [0.25, 0.3) is 0 Å². The van der Waals surface area contributed by atoms with Gasteiger partial charge in [0.05, 0.1) is 13.0 Å². The highest BCUT2D eigenvalue weighted by Crippen LogP contribution is 2.26. The molecule has 0 radical (unpaired) electrons. The van der Waals surface area contributed by atoms with Crippen LogP contribution in [0.15, 0.2) is 18.2 Å². The zero-order valence-corrected chi connectivity index (χ0v) is 8.08. The first-order valence-electron chi connectivity index (χ1n) is 4.32. The van der Waals surface area contributed by atoms with E-state index >= 15 is 0 Å². The topological polar surface area (TPSA) is 71.0 Å². The van der Waals surface area contributed by atoms with Gasteiger partial charge in [0.15, 0.2) is 5.69 Å². The number of aliphatic hydroxyl groups excluding tert-OH is 1. The maximum Gasteiger partial charge on any atom is 0.478 e. The number of aliphatic hydroxyl groups is 1. The smallest absolute Gasteiger partial charge is 0.478 e. The third-order valence-electron chi connectivity index (χ3n) is 1.90. The predicted molar refractivity (Wildman–Crippen MR) is 48.9 cm³/mol. The SMILES string of the molecule is N=C(CO)Cc1cccc(C(F)(F)F)[n+]1[O-]. The molecule has 0 amide bonds. The van der Waals surface area contributed by atoms with Gasteiger partial charge in [-0.2, -0.15) is 17.9 Å². The minimum absolute atomic E-state index is 0.214. The second-order valence-electron chi connectivity index (χ2n) is 3.13. The van der Waals surface area contributed by atoms with Crippen molar-refractivity contribution in [3.05, 3.63) is 34.8 Å². The molecule has 88 valence electrons. The molecule has 0 spiro atoms. The van der Waals surface area contributed by atoms with Crippen molar-refractivity contribution in [2.24, 2.45) is 0 Å². The van der Waals surface area contributed by atoms with Crippen LogP contribution in [0.3, 0.4) is 0 Å². The molecule has 2 N–H and O–H groups in total. The zero-order valence-electron chi connectivity index (χ0n) is 8.08. The fourth-order valence-electron chi connectivity index (χ4n) is 1.16. The first-order chi connectivity index (χ1) is 7.36. The highest BCUT2D eigenvalue weighted by Gasteiger charge is 2.40. The van der Waals surface area contributed by atoms with Gasteiger partial charge in [-0.05, 0) is 6.07 Å². The molecule has 1 heterocycles. The second-order valence-corrected chi connectivity index (χ2v) is 3.13. The van der Waals surface area contributed by atoms with E-state index in [0.29, 0.717) is 6.07 Å². The molecule has 4 nitrogen and oxygen atoms in total. The molecule has 0 atom stereocenters. The van der Waals surface area contributed by atoms with Gasteiger partial charge in [-0.15, -0.1) is 0 Å². The number of nitrogens with zero attached hydrogens (tertiary/aromatic N) is 1. The van der Waals surface area contributed by atoms with E-state index < -0.39 is 18.5 Å². The van der Waals surface area contributed by atoms with Gasteiger partial charge in [0.25, 0.3) is 5.69 Å². The average Bonchev–Trinajstić information content (AvgIpc) is 2.19. The normalized spacial score (nSPS) is 11.5. The lowest BCUT2D eigenvalue weighted by molar-refractivity contribution is -0.636. The molecule has 0 fully saturated rings. The van der Waals surface area contributed by atoms with E-state index in [4.69, 9.17) is 10.5 Å². The average molecular weight is 234 g/mol. The Labute approximate surface area is 89.0 Å².